The molecule has 0 radical (unpaired) electrons. The van der Waals surface area contributed by atoms with Gasteiger partial charge >= 0.3 is 0 Å². The summed E-state index contributed by atoms with van der Waals surface area (Å²) in [6.07, 6.45) is 6.49. The molecule has 140 valence electrons. The number of aromatic nitrogens is 4. The van der Waals surface area contributed by atoms with Crippen molar-refractivity contribution in [3.8, 4) is 5.95 Å². The van der Waals surface area contributed by atoms with Crippen LogP contribution < -0.4 is 0 Å². The minimum atomic E-state index is 0. The van der Waals surface area contributed by atoms with E-state index < -0.39 is 0 Å². The number of nitrogens with zero attached hydrogens (tertiary/aromatic N) is 5. The largest absolute Gasteiger partial charge is 0.298 e. The molecule has 3 aromatic rings. The normalized spacial score (nSPS) is 13.7. The molecular formula is C20H22ClN5O. The first-order chi connectivity index (χ1) is 12.7. The van der Waals surface area contributed by atoms with Crippen LogP contribution in [-0.4, -0.2) is 43.5 Å². The van der Waals surface area contributed by atoms with E-state index in [1.807, 2.05) is 6.92 Å². The van der Waals surface area contributed by atoms with E-state index in [1.54, 1.807) is 29.3 Å². The van der Waals surface area contributed by atoms with Crippen LogP contribution in [0, 0.1) is 6.92 Å². The monoisotopic (exact) mass is 383 g/mol. The first-order valence-corrected chi connectivity index (χ1v) is 8.87. The molecule has 0 unspecified atom stereocenters. The fourth-order valence-corrected chi connectivity index (χ4v) is 3.42. The van der Waals surface area contributed by atoms with Gasteiger partial charge in [-0.3, -0.25) is 9.69 Å². The zero-order valence-corrected chi connectivity index (χ0v) is 16.0. The lowest BCUT2D eigenvalue weighted by Crippen LogP contribution is -2.32. The van der Waals surface area contributed by atoms with Gasteiger partial charge in [-0.25, -0.2) is 14.6 Å². The van der Waals surface area contributed by atoms with Gasteiger partial charge in [-0.2, -0.15) is 5.10 Å². The minimum absolute atomic E-state index is 0. The van der Waals surface area contributed by atoms with Gasteiger partial charge in [0.15, 0.2) is 5.78 Å². The Balaban J connectivity index is 0.00000210. The highest BCUT2D eigenvalue weighted by molar-refractivity contribution is 5.97. The smallest absolute Gasteiger partial charge is 0.250 e. The second-order valence-corrected chi connectivity index (χ2v) is 6.57. The molecule has 1 aliphatic heterocycles. The third-order valence-corrected chi connectivity index (χ3v) is 4.92. The van der Waals surface area contributed by atoms with Gasteiger partial charge in [-0.05, 0) is 30.5 Å². The number of hydrogen-bond donors (Lipinski definition) is 0. The van der Waals surface area contributed by atoms with E-state index in [9.17, 15) is 4.79 Å². The molecule has 0 bridgehead atoms. The van der Waals surface area contributed by atoms with Crippen molar-refractivity contribution in [3.05, 3.63) is 71.3 Å². The van der Waals surface area contributed by atoms with E-state index in [1.165, 1.54) is 11.1 Å². The van der Waals surface area contributed by atoms with Crippen molar-refractivity contribution >= 4 is 18.2 Å². The first-order valence-electron chi connectivity index (χ1n) is 8.87. The number of fused-ring (bicyclic) bond motifs is 1. The maximum absolute atomic E-state index is 12.7. The maximum Gasteiger partial charge on any atom is 0.250 e. The Bertz CT molecular complexity index is 925. The molecule has 2 aromatic heterocycles. The number of hydrogen-bond acceptors (Lipinski definition) is 5. The summed E-state index contributed by atoms with van der Waals surface area (Å²) in [6.45, 7) is 4.56. The second kappa shape index (κ2) is 8.41. The third-order valence-electron chi connectivity index (χ3n) is 4.92. The summed E-state index contributed by atoms with van der Waals surface area (Å²) in [7, 11) is 0. The first kappa shape index (κ1) is 19.2. The molecule has 3 heterocycles. The van der Waals surface area contributed by atoms with Crippen LogP contribution >= 0.6 is 12.4 Å². The van der Waals surface area contributed by atoms with Crippen LogP contribution in [0.5, 0.6) is 0 Å². The molecule has 0 saturated carbocycles. The Morgan fingerprint density at radius 3 is 2.63 bits per heavy atom. The van der Waals surface area contributed by atoms with Gasteiger partial charge in [0.05, 0.1) is 17.5 Å². The Labute approximate surface area is 164 Å². The molecule has 0 spiro atoms. The topological polar surface area (TPSA) is 63.9 Å². The van der Waals surface area contributed by atoms with Gasteiger partial charge in [0, 0.05) is 38.4 Å². The summed E-state index contributed by atoms with van der Waals surface area (Å²) in [5, 5.41) is 4.29. The maximum atomic E-state index is 12.7. The Kier molecular flexibility index (Phi) is 5.98. The molecule has 0 aliphatic carbocycles. The number of halogens is 1. The molecule has 0 fully saturated rings. The zero-order chi connectivity index (χ0) is 17.9. The molecule has 1 aliphatic rings. The second-order valence-electron chi connectivity index (χ2n) is 6.57. The Morgan fingerprint density at radius 1 is 1.11 bits per heavy atom. The number of benzene rings is 1. The highest BCUT2D eigenvalue weighted by atomic mass is 35.5. The lowest BCUT2D eigenvalue weighted by molar-refractivity contribution is 0.0960. The number of Topliss-reactive ketones (excluding diaryl/α,β-unsaturated/α-hetero) is 1. The van der Waals surface area contributed by atoms with E-state index in [4.69, 9.17) is 0 Å². The van der Waals surface area contributed by atoms with Crippen molar-refractivity contribution in [3.63, 3.8) is 0 Å². The summed E-state index contributed by atoms with van der Waals surface area (Å²) in [6, 6.07) is 10.3. The summed E-state index contributed by atoms with van der Waals surface area (Å²) in [5.41, 5.74) is 4.23. The molecule has 0 atom stereocenters. The van der Waals surface area contributed by atoms with E-state index in [-0.39, 0.29) is 18.2 Å². The molecule has 4 rings (SSSR count). The summed E-state index contributed by atoms with van der Waals surface area (Å²) >= 11 is 0. The summed E-state index contributed by atoms with van der Waals surface area (Å²) in [4.78, 5) is 23.4. The Hall–Kier alpha value is -2.57. The van der Waals surface area contributed by atoms with Crippen molar-refractivity contribution in [1.29, 1.82) is 0 Å². The van der Waals surface area contributed by atoms with Crippen LogP contribution in [0.15, 0.2) is 48.9 Å². The molecule has 0 amide bonds. The van der Waals surface area contributed by atoms with Crippen molar-refractivity contribution < 1.29 is 4.79 Å². The van der Waals surface area contributed by atoms with Crippen LogP contribution in [0.4, 0.5) is 0 Å². The van der Waals surface area contributed by atoms with Crippen LogP contribution in [0.3, 0.4) is 0 Å². The van der Waals surface area contributed by atoms with E-state index in [0.717, 1.165) is 31.7 Å². The predicted octanol–water partition coefficient (Wildman–Crippen LogP) is 3.02. The van der Waals surface area contributed by atoms with Crippen molar-refractivity contribution in [2.75, 3.05) is 13.1 Å². The lowest BCUT2D eigenvalue weighted by Gasteiger charge is -2.28. The molecule has 6 nitrogen and oxygen atoms in total. The van der Waals surface area contributed by atoms with Crippen molar-refractivity contribution in [1.82, 2.24) is 24.6 Å². The van der Waals surface area contributed by atoms with Crippen LogP contribution in [0.2, 0.25) is 0 Å². The molecule has 1 aromatic carbocycles. The fourth-order valence-electron chi connectivity index (χ4n) is 3.42. The van der Waals surface area contributed by atoms with Crippen LogP contribution in [0.25, 0.3) is 5.95 Å². The van der Waals surface area contributed by atoms with Gasteiger partial charge in [0.2, 0.25) is 0 Å². The van der Waals surface area contributed by atoms with E-state index in [0.29, 0.717) is 17.9 Å². The molecule has 0 saturated heterocycles. The van der Waals surface area contributed by atoms with E-state index >= 15 is 0 Å². The average molecular weight is 384 g/mol. The number of ketones is 1. The SMILES string of the molecule is Cc1c(C(=O)CCN2CCc3ccccc3C2)cnn1-c1ncccn1.Cl. The third kappa shape index (κ3) is 4.07. The summed E-state index contributed by atoms with van der Waals surface area (Å²) in [5.74, 6) is 0.597. The van der Waals surface area contributed by atoms with Gasteiger partial charge in [-0.15, -0.1) is 12.4 Å². The van der Waals surface area contributed by atoms with E-state index in [2.05, 4.69) is 44.2 Å². The predicted molar refractivity (Wildman–Crippen MR) is 106 cm³/mol. The zero-order valence-electron chi connectivity index (χ0n) is 15.2. The Morgan fingerprint density at radius 2 is 1.85 bits per heavy atom. The highest BCUT2D eigenvalue weighted by Gasteiger charge is 2.19. The van der Waals surface area contributed by atoms with Gasteiger partial charge in [-0.1, -0.05) is 24.3 Å². The molecular weight excluding hydrogens is 362 g/mol. The van der Waals surface area contributed by atoms with Gasteiger partial charge in [0.1, 0.15) is 0 Å². The molecule has 27 heavy (non-hydrogen) atoms. The summed E-state index contributed by atoms with van der Waals surface area (Å²) < 4.78 is 1.62. The quantitative estimate of drug-likeness (QED) is 0.634. The van der Waals surface area contributed by atoms with Crippen molar-refractivity contribution in [2.24, 2.45) is 0 Å². The number of carbonyl (C=O) groups is 1. The van der Waals surface area contributed by atoms with Gasteiger partial charge in [0.25, 0.3) is 5.95 Å². The highest BCUT2D eigenvalue weighted by Crippen LogP contribution is 2.19. The molecule has 7 heteroatoms. The van der Waals surface area contributed by atoms with Gasteiger partial charge < -0.3 is 0 Å². The van der Waals surface area contributed by atoms with Crippen LogP contribution in [0.1, 0.15) is 33.6 Å². The number of rotatable bonds is 5. The minimum Gasteiger partial charge on any atom is -0.298 e. The van der Waals surface area contributed by atoms with Crippen LogP contribution in [-0.2, 0) is 13.0 Å². The average Bonchev–Trinajstić information content (AvgIpc) is 3.08. The standard InChI is InChI=1S/C20H21N5O.ClH/c1-15-18(13-23-25(15)20-21-9-4-10-22-20)19(26)8-12-24-11-7-16-5-2-3-6-17(16)14-24;/h2-6,9-10,13H,7-8,11-12,14H2,1H3;1H. The fraction of sp³-hybridized carbons (Fsp3) is 0.300. The number of carbonyl (C=O) groups excluding carboxylic acids is 1. The van der Waals surface area contributed by atoms with Crippen molar-refractivity contribution in [2.45, 2.75) is 26.3 Å². The molecule has 0 N–H and O–H groups in total. The lowest BCUT2D eigenvalue weighted by atomic mass is 9.99.